The van der Waals surface area contributed by atoms with Crippen molar-refractivity contribution >= 4 is 43.0 Å². The summed E-state index contributed by atoms with van der Waals surface area (Å²) in [5, 5.41) is 0. The fraction of sp³-hybridized carbons (Fsp3) is 0.167. The van der Waals surface area contributed by atoms with Crippen molar-refractivity contribution in [2.45, 2.75) is 11.4 Å². The molecule has 0 fully saturated rings. The molecule has 8 heteroatoms. The first-order valence-electron chi connectivity index (χ1n) is 5.61. The van der Waals surface area contributed by atoms with Crippen LogP contribution in [0.3, 0.4) is 0 Å². The van der Waals surface area contributed by atoms with Crippen molar-refractivity contribution in [3.63, 3.8) is 0 Å². The van der Waals surface area contributed by atoms with Crippen LogP contribution in [0.2, 0.25) is 0 Å². The molecular formula is C12H13BrN2O3S2. The molecule has 0 atom stereocenters. The molecule has 5 nitrogen and oxygen atoms in total. The molecule has 1 aromatic heterocycles. The molecule has 0 radical (unpaired) electrons. The lowest BCUT2D eigenvalue weighted by molar-refractivity contribution is 0.415. The molecule has 0 aliphatic rings. The van der Waals surface area contributed by atoms with Gasteiger partial charge >= 0.3 is 0 Å². The summed E-state index contributed by atoms with van der Waals surface area (Å²) in [5.74, 6) is 0.662. The van der Waals surface area contributed by atoms with Gasteiger partial charge in [0.05, 0.1) is 10.9 Å². The number of thiophene rings is 1. The Morgan fingerprint density at radius 1 is 1.35 bits per heavy atom. The van der Waals surface area contributed by atoms with Crippen molar-refractivity contribution in [2.24, 2.45) is 5.73 Å². The summed E-state index contributed by atoms with van der Waals surface area (Å²) in [5.41, 5.74) is 5.99. The van der Waals surface area contributed by atoms with E-state index in [9.17, 15) is 8.42 Å². The van der Waals surface area contributed by atoms with Crippen molar-refractivity contribution in [3.8, 4) is 5.75 Å². The monoisotopic (exact) mass is 376 g/mol. The molecule has 1 aromatic carbocycles. The number of nitrogens with one attached hydrogen (secondary N) is 1. The molecule has 3 N–H and O–H groups in total. The number of benzene rings is 1. The van der Waals surface area contributed by atoms with Gasteiger partial charge in [-0.05, 0) is 46.3 Å². The SMILES string of the molecule is COc1ccc(NS(=O)(=O)c2cc(CN)sc2Br)cc1. The lowest BCUT2D eigenvalue weighted by Crippen LogP contribution is -2.12. The van der Waals surface area contributed by atoms with Crippen LogP contribution >= 0.6 is 27.3 Å². The first kappa shape index (κ1) is 15.3. The lowest BCUT2D eigenvalue weighted by atomic mass is 10.3. The third kappa shape index (κ3) is 3.32. The number of anilines is 1. The Balaban J connectivity index is 2.27. The summed E-state index contributed by atoms with van der Waals surface area (Å²) >= 11 is 4.56. The predicted octanol–water partition coefficient (Wildman–Crippen LogP) is 2.78. The molecular weight excluding hydrogens is 364 g/mol. The first-order valence-corrected chi connectivity index (χ1v) is 8.70. The van der Waals surface area contributed by atoms with E-state index in [1.54, 1.807) is 37.4 Å². The standard InChI is InChI=1S/C12H13BrN2O3S2/c1-18-9-4-2-8(3-5-9)15-20(16,17)11-6-10(7-14)19-12(11)13/h2-6,15H,7,14H2,1H3. The third-order valence-corrected chi connectivity index (χ3v) is 6.20. The minimum atomic E-state index is -3.64. The third-order valence-electron chi connectivity index (χ3n) is 2.54. The summed E-state index contributed by atoms with van der Waals surface area (Å²) in [4.78, 5) is 0.991. The minimum Gasteiger partial charge on any atom is -0.497 e. The molecule has 0 bridgehead atoms. The van der Waals surface area contributed by atoms with Gasteiger partial charge in [0.15, 0.2) is 0 Å². The molecule has 20 heavy (non-hydrogen) atoms. The summed E-state index contributed by atoms with van der Waals surface area (Å²) in [6.07, 6.45) is 0. The van der Waals surface area contributed by atoms with E-state index in [1.165, 1.54) is 11.3 Å². The number of ether oxygens (including phenoxy) is 1. The van der Waals surface area contributed by atoms with Crippen molar-refractivity contribution in [3.05, 3.63) is 39.0 Å². The van der Waals surface area contributed by atoms with E-state index < -0.39 is 10.0 Å². The molecule has 0 amide bonds. The maximum Gasteiger partial charge on any atom is 0.263 e. The molecule has 0 saturated heterocycles. The van der Waals surface area contributed by atoms with E-state index >= 15 is 0 Å². The van der Waals surface area contributed by atoms with Crippen molar-refractivity contribution in [1.29, 1.82) is 0 Å². The van der Waals surface area contributed by atoms with Crippen LogP contribution in [0.4, 0.5) is 5.69 Å². The molecule has 1 heterocycles. The van der Waals surface area contributed by atoms with Crippen LogP contribution in [0.25, 0.3) is 0 Å². The van der Waals surface area contributed by atoms with Crippen LogP contribution in [0, 0.1) is 0 Å². The maximum absolute atomic E-state index is 12.3. The maximum atomic E-state index is 12.3. The highest BCUT2D eigenvalue weighted by molar-refractivity contribution is 9.11. The van der Waals surface area contributed by atoms with Crippen molar-refractivity contribution in [2.75, 3.05) is 11.8 Å². The van der Waals surface area contributed by atoms with Gasteiger partial charge in [-0.15, -0.1) is 11.3 Å². The van der Waals surface area contributed by atoms with Crippen LogP contribution in [0.5, 0.6) is 5.75 Å². The highest BCUT2D eigenvalue weighted by Gasteiger charge is 2.20. The van der Waals surface area contributed by atoms with Crippen LogP contribution in [0.1, 0.15) is 4.88 Å². The largest absolute Gasteiger partial charge is 0.497 e. The Labute approximate surface area is 129 Å². The number of methoxy groups -OCH3 is 1. The summed E-state index contributed by atoms with van der Waals surface area (Å²) in [6.45, 7) is 0.307. The highest BCUT2D eigenvalue weighted by Crippen LogP contribution is 2.32. The second-order valence-electron chi connectivity index (χ2n) is 3.89. The molecule has 0 saturated carbocycles. The molecule has 0 unspecified atom stereocenters. The quantitative estimate of drug-likeness (QED) is 0.840. The number of sulfonamides is 1. The van der Waals surface area contributed by atoms with Gasteiger partial charge in [0, 0.05) is 17.1 Å². The number of hydrogen-bond donors (Lipinski definition) is 2. The van der Waals surface area contributed by atoms with E-state index in [2.05, 4.69) is 20.7 Å². The van der Waals surface area contributed by atoms with Gasteiger partial charge in [-0.25, -0.2) is 8.42 Å². The zero-order chi connectivity index (χ0) is 14.8. The van der Waals surface area contributed by atoms with E-state index in [0.29, 0.717) is 21.8 Å². The van der Waals surface area contributed by atoms with Gasteiger partial charge in [-0.2, -0.15) is 0 Å². The number of nitrogens with two attached hydrogens (primary N) is 1. The Morgan fingerprint density at radius 3 is 2.50 bits per heavy atom. The Kier molecular flexibility index (Phi) is 4.69. The Bertz CT molecular complexity index is 696. The van der Waals surface area contributed by atoms with Crippen LogP contribution < -0.4 is 15.2 Å². The second-order valence-corrected chi connectivity index (χ2v) is 7.99. The molecule has 2 rings (SSSR count). The lowest BCUT2D eigenvalue weighted by Gasteiger charge is -2.07. The van der Waals surface area contributed by atoms with Gasteiger partial charge in [-0.3, -0.25) is 4.72 Å². The van der Waals surface area contributed by atoms with E-state index in [4.69, 9.17) is 10.5 Å². The summed E-state index contributed by atoms with van der Waals surface area (Å²) < 4.78 is 32.7. The van der Waals surface area contributed by atoms with Crippen molar-refractivity contribution < 1.29 is 13.2 Å². The Hall–Kier alpha value is -1.09. The van der Waals surface area contributed by atoms with Gasteiger partial charge in [0.2, 0.25) is 0 Å². The van der Waals surface area contributed by atoms with Crippen molar-refractivity contribution in [1.82, 2.24) is 0 Å². The zero-order valence-electron chi connectivity index (χ0n) is 10.6. The molecule has 2 aromatic rings. The zero-order valence-corrected chi connectivity index (χ0v) is 13.8. The second kappa shape index (κ2) is 6.13. The van der Waals surface area contributed by atoms with Gasteiger partial charge in [0.25, 0.3) is 10.0 Å². The first-order chi connectivity index (χ1) is 9.46. The average Bonchev–Trinajstić information content (AvgIpc) is 2.81. The van der Waals surface area contributed by atoms with Crippen LogP contribution in [-0.4, -0.2) is 15.5 Å². The van der Waals surface area contributed by atoms with E-state index in [0.717, 1.165) is 4.88 Å². The summed E-state index contributed by atoms with van der Waals surface area (Å²) in [7, 11) is -2.08. The highest BCUT2D eigenvalue weighted by atomic mass is 79.9. The molecule has 108 valence electrons. The number of hydrogen-bond acceptors (Lipinski definition) is 5. The van der Waals surface area contributed by atoms with Crippen LogP contribution in [-0.2, 0) is 16.6 Å². The fourth-order valence-corrected chi connectivity index (χ4v) is 5.17. The smallest absolute Gasteiger partial charge is 0.263 e. The summed E-state index contributed by atoms with van der Waals surface area (Å²) in [6, 6.07) is 8.22. The minimum absolute atomic E-state index is 0.193. The van der Waals surface area contributed by atoms with E-state index in [1.807, 2.05) is 0 Å². The van der Waals surface area contributed by atoms with E-state index in [-0.39, 0.29) is 4.90 Å². The van der Waals surface area contributed by atoms with Crippen LogP contribution in [0.15, 0.2) is 39.0 Å². The van der Waals surface area contributed by atoms with Gasteiger partial charge in [0.1, 0.15) is 10.6 Å². The van der Waals surface area contributed by atoms with Gasteiger partial charge in [-0.1, -0.05) is 0 Å². The molecule has 0 aliphatic carbocycles. The Morgan fingerprint density at radius 2 is 2.00 bits per heavy atom. The predicted molar refractivity (Wildman–Crippen MR) is 83.7 cm³/mol. The normalized spacial score (nSPS) is 11.3. The number of rotatable bonds is 5. The topological polar surface area (TPSA) is 81.4 Å². The fourth-order valence-electron chi connectivity index (χ4n) is 1.55. The molecule has 0 spiro atoms. The van der Waals surface area contributed by atoms with Gasteiger partial charge < -0.3 is 10.5 Å². The average molecular weight is 377 g/mol. The number of halogens is 1. The molecule has 0 aliphatic heterocycles.